The molecule has 1 unspecified atom stereocenters. The number of para-hydroxylation sites is 1. The molecule has 0 saturated carbocycles. The Kier molecular flexibility index (Phi) is 3.42. The van der Waals surface area contributed by atoms with Gasteiger partial charge in [-0.2, -0.15) is 11.8 Å². The Balaban J connectivity index is 1.63. The van der Waals surface area contributed by atoms with Crippen LogP contribution in [-0.2, 0) is 4.79 Å². The van der Waals surface area contributed by atoms with Crippen LogP contribution in [0, 0.1) is 6.92 Å². The molecule has 24 heavy (non-hydrogen) atoms. The largest absolute Gasteiger partial charge is 0.358 e. The van der Waals surface area contributed by atoms with E-state index in [-0.39, 0.29) is 18.2 Å². The summed E-state index contributed by atoms with van der Waals surface area (Å²) in [6.07, 6.45) is 0.624. The first kappa shape index (κ1) is 15.3. The molecule has 1 aromatic heterocycles. The zero-order valence-electron chi connectivity index (χ0n) is 13.2. The van der Waals surface area contributed by atoms with Gasteiger partial charge >= 0.3 is 6.03 Å². The number of carbonyl (C=O) groups excluding carboxylic acids is 3. The molecule has 3 amide bonds. The number of ketones is 1. The molecular formula is C17H17N3O3S. The number of nitrogens with one attached hydrogen (secondary N) is 2. The van der Waals surface area contributed by atoms with Crippen LogP contribution >= 0.6 is 11.8 Å². The van der Waals surface area contributed by atoms with Crippen molar-refractivity contribution in [2.75, 3.05) is 18.1 Å². The average Bonchev–Trinajstić information content (AvgIpc) is 3.20. The third-order valence-electron chi connectivity index (χ3n) is 4.74. The second-order valence-corrected chi connectivity index (χ2v) is 7.41. The third-order valence-corrected chi connectivity index (χ3v) is 5.93. The van der Waals surface area contributed by atoms with Crippen LogP contribution in [0.4, 0.5) is 4.79 Å². The molecule has 2 aliphatic rings. The van der Waals surface area contributed by atoms with Crippen LogP contribution < -0.4 is 5.32 Å². The van der Waals surface area contributed by atoms with E-state index in [1.165, 1.54) is 0 Å². The van der Waals surface area contributed by atoms with Gasteiger partial charge in [0.1, 0.15) is 5.54 Å². The van der Waals surface area contributed by atoms with Gasteiger partial charge in [-0.25, -0.2) is 4.79 Å². The normalized spacial score (nSPS) is 23.5. The van der Waals surface area contributed by atoms with E-state index < -0.39 is 11.6 Å². The van der Waals surface area contributed by atoms with Gasteiger partial charge in [-0.15, -0.1) is 0 Å². The van der Waals surface area contributed by atoms with Crippen molar-refractivity contribution in [2.45, 2.75) is 18.9 Å². The molecule has 0 aliphatic carbocycles. The number of carbonyl (C=O) groups is 3. The average molecular weight is 343 g/mol. The van der Waals surface area contributed by atoms with Gasteiger partial charge in [-0.05, 0) is 25.2 Å². The van der Waals surface area contributed by atoms with Gasteiger partial charge in [0, 0.05) is 27.9 Å². The van der Waals surface area contributed by atoms with E-state index >= 15 is 0 Å². The fourth-order valence-electron chi connectivity index (χ4n) is 3.51. The van der Waals surface area contributed by atoms with Crippen molar-refractivity contribution in [3.05, 3.63) is 35.5 Å². The van der Waals surface area contributed by atoms with Crippen LogP contribution in [0.1, 0.15) is 22.5 Å². The molecule has 7 heteroatoms. The van der Waals surface area contributed by atoms with Gasteiger partial charge in [0.15, 0.2) is 5.78 Å². The topological polar surface area (TPSA) is 82.3 Å². The summed E-state index contributed by atoms with van der Waals surface area (Å²) in [6, 6.07) is 7.06. The van der Waals surface area contributed by atoms with E-state index in [0.29, 0.717) is 17.7 Å². The van der Waals surface area contributed by atoms with Crippen LogP contribution in [0.25, 0.3) is 10.9 Å². The van der Waals surface area contributed by atoms with Crippen LogP contribution in [-0.4, -0.2) is 51.2 Å². The number of hydrogen-bond donors (Lipinski definition) is 2. The summed E-state index contributed by atoms with van der Waals surface area (Å²) < 4.78 is 0. The van der Waals surface area contributed by atoms with Gasteiger partial charge < -0.3 is 10.3 Å². The summed E-state index contributed by atoms with van der Waals surface area (Å²) in [5.41, 5.74) is 1.36. The second-order valence-electron chi connectivity index (χ2n) is 6.30. The fourth-order valence-corrected chi connectivity index (χ4v) is 4.84. The zero-order chi connectivity index (χ0) is 16.9. The first-order valence-corrected chi connectivity index (χ1v) is 9.00. The standard InChI is InChI=1S/C17H17N3O3S/c1-10-14(11-4-2-3-5-12(11)18-10)13(21)8-20-15(22)17(19-16(20)23)6-7-24-9-17/h2-5,18H,6-9H2,1H3,(H,19,23). The summed E-state index contributed by atoms with van der Waals surface area (Å²) in [4.78, 5) is 41.9. The number of rotatable bonds is 3. The van der Waals surface area contributed by atoms with Crippen LogP contribution in [0.2, 0.25) is 0 Å². The van der Waals surface area contributed by atoms with Crippen LogP contribution in [0.5, 0.6) is 0 Å². The number of urea groups is 1. The quantitative estimate of drug-likeness (QED) is 0.660. The highest BCUT2D eigenvalue weighted by atomic mass is 32.2. The van der Waals surface area contributed by atoms with Gasteiger partial charge in [0.25, 0.3) is 5.91 Å². The molecule has 1 atom stereocenters. The number of nitrogens with zero attached hydrogens (tertiary/aromatic N) is 1. The lowest BCUT2D eigenvalue weighted by molar-refractivity contribution is -0.130. The molecule has 3 heterocycles. The molecule has 124 valence electrons. The number of H-pyrrole nitrogens is 1. The van der Waals surface area contributed by atoms with Gasteiger partial charge in [0.2, 0.25) is 0 Å². The van der Waals surface area contributed by atoms with E-state index in [9.17, 15) is 14.4 Å². The Hall–Kier alpha value is -2.28. The van der Waals surface area contributed by atoms with Crippen molar-refractivity contribution >= 4 is 40.4 Å². The van der Waals surface area contributed by atoms with Crippen molar-refractivity contribution in [1.82, 2.24) is 15.2 Å². The minimum atomic E-state index is -0.808. The lowest BCUT2D eigenvalue weighted by Gasteiger charge is -2.19. The number of thioether (sulfide) groups is 1. The van der Waals surface area contributed by atoms with Gasteiger partial charge in [-0.1, -0.05) is 18.2 Å². The van der Waals surface area contributed by atoms with Crippen molar-refractivity contribution in [2.24, 2.45) is 0 Å². The molecule has 4 rings (SSSR count). The molecule has 1 aromatic carbocycles. The minimum Gasteiger partial charge on any atom is -0.358 e. The maximum Gasteiger partial charge on any atom is 0.325 e. The van der Waals surface area contributed by atoms with Crippen molar-refractivity contribution in [1.29, 1.82) is 0 Å². The number of amides is 3. The number of aromatic amines is 1. The zero-order valence-corrected chi connectivity index (χ0v) is 14.0. The summed E-state index contributed by atoms with van der Waals surface area (Å²) in [5, 5.41) is 3.61. The van der Waals surface area contributed by atoms with Crippen molar-refractivity contribution < 1.29 is 14.4 Å². The Labute approximate surface area is 143 Å². The fraction of sp³-hybridized carbons (Fsp3) is 0.353. The SMILES string of the molecule is Cc1[nH]c2ccccc2c1C(=O)CN1C(=O)NC2(CCSC2)C1=O. The highest BCUT2D eigenvalue weighted by Gasteiger charge is 2.53. The van der Waals surface area contributed by atoms with Crippen LogP contribution in [0.15, 0.2) is 24.3 Å². The monoisotopic (exact) mass is 343 g/mol. The molecular weight excluding hydrogens is 326 g/mol. The molecule has 0 bridgehead atoms. The Morgan fingerprint density at radius 1 is 1.33 bits per heavy atom. The van der Waals surface area contributed by atoms with Gasteiger partial charge in [-0.3, -0.25) is 14.5 Å². The van der Waals surface area contributed by atoms with Gasteiger partial charge in [0.05, 0.1) is 6.54 Å². The summed E-state index contributed by atoms with van der Waals surface area (Å²) in [5.74, 6) is 0.920. The van der Waals surface area contributed by atoms with Crippen LogP contribution in [0.3, 0.4) is 0 Å². The molecule has 2 fully saturated rings. The van der Waals surface area contributed by atoms with E-state index in [0.717, 1.165) is 27.2 Å². The smallest absolute Gasteiger partial charge is 0.325 e. The molecule has 2 saturated heterocycles. The molecule has 2 N–H and O–H groups in total. The van der Waals surface area contributed by atoms with E-state index in [1.807, 2.05) is 31.2 Å². The molecule has 0 radical (unpaired) electrons. The number of aromatic nitrogens is 1. The van der Waals surface area contributed by atoms with Crippen molar-refractivity contribution in [3.63, 3.8) is 0 Å². The number of fused-ring (bicyclic) bond motifs is 1. The summed E-state index contributed by atoms with van der Waals surface area (Å²) in [7, 11) is 0. The lowest BCUT2D eigenvalue weighted by atomic mass is 9.99. The first-order valence-electron chi connectivity index (χ1n) is 7.84. The predicted molar refractivity (Wildman–Crippen MR) is 92.3 cm³/mol. The Morgan fingerprint density at radius 3 is 2.88 bits per heavy atom. The number of Topliss-reactive ketones (excluding diaryl/α,β-unsaturated/α-hetero) is 1. The first-order chi connectivity index (χ1) is 11.5. The number of imide groups is 1. The highest BCUT2D eigenvalue weighted by molar-refractivity contribution is 7.99. The molecule has 1 spiro atoms. The predicted octanol–water partition coefficient (Wildman–Crippen LogP) is 2.09. The minimum absolute atomic E-state index is 0.222. The summed E-state index contributed by atoms with van der Waals surface area (Å²) in [6.45, 7) is 1.61. The molecule has 2 aliphatic heterocycles. The maximum atomic E-state index is 12.8. The second kappa shape index (κ2) is 5.37. The van der Waals surface area contributed by atoms with E-state index in [1.54, 1.807) is 11.8 Å². The maximum absolute atomic E-state index is 12.8. The summed E-state index contributed by atoms with van der Waals surface area (Å²) >= 11 is 1.65. The highest BCUT2D eigenvalue weighted by Crippen LogP contribution is 2.33. The number of aryl methyl sites for hydroxylation is 1. The number of hydrogen-bond acceptors (Lipinski definition) is 4. The Morgan fingerprint density at radius 2 is 2.12 bits per heavy atom. The lowest BCUT2D eigenvalue weighted by Crippen LogP contribution is -2.47. The third kappa shape index (κ3) is 2.15. The molecule has 2 aromatic rings. The number of benzene rings is 1. The molecule has 6 nitrogen and oxygen atoms in total. The van der Waals surface area contributed by atoms with E-state index in [2.05, 4.69) is 10.3 Å². The van der Waals surface area contributed by atoms with Crippen molar-refractivity contribution in [3.8, 4) is 0 Å². The van der Waals surface area contributed by atoms with E-state index in [4.69, 9.17) is 0 Å². The Bertz CT molecular complexity index is 867.